The fourth-order valence-electron chi connectivity index (χ4n) is 3.39. The SMILES string of the molecule is O=C1CCCCC1CN1CCN(c2ccccc2)CC1. The van der Waals surface area contributed by atoms with E-state index in [0.717, 1.165) is 52.0 Å². The summed E-state index contributed by atoms with van der Waals surface area (Å²) in [5.41, 5.74) is 1.32. The van der Waals surface area contributed by atoms with Gasteiger partial charge in [-0.1, -0.05) is 24.6 Å². The molecule has 0 N–H and O–H groups in total. The van der Waals surface area contributed by atoms with E-state index < -0.39 is 0 Å². The quantitative estimate of drug-likeness (QED) is 0.845. The molecule has 108 valence electrons. The van der Waals surface area contributed by atoms with Gasteiger partial charge in [-0.25, -0.2) is 0 Å². The predicted octanol–water partition coefficient (Wildman–Crippen LogP) is 2.57. The van der Waals surface area contributed by atoms with Gasteiger partial charge in [0.25, 0.3) is 0 Å². The monoisotopic (exact) mass is 272 g/mol. The van der Waals surface area contributed by atoms with Gasteiger partial charge >= 0.3 is 0 Å². The maximum atomic E-state index is 11.9. The standard InChI is InChI=1S/C17H24N2O/c20-17-9-5-4-6-15(17)14-18-10-12-19(13-11-18)16-7-2-1-3-8-16/h1-3,7-8,15H,4-6,9-14H2. The molecule has 1 atom stereocenters. The summed E-state index contributed by atoms with van der Waals surface area (Å²) in [6.45, 7) is 5.30. The lowest BCUT2D eigenvalue weighted by Crippen LogP contribution is -2.48. The van der Waals surface area contributed by atoms with Crippen LogP contribution in [0, 0.1) is 5.92 Å². The first-order valence-corrected chi connectivity index (χ1v) is 7.88. The number of anilines is 1. The zero-order valence-corrected chi connectivity index (χ0v) is 12.1. The Labute approximate surface area is 121 Å². The molecule has 0 aromatic heterocycles. The van der Waals surface area contributed by atoms with Crippen LogP contribution in [0.5, 0.6) is 0 Å². The molecular formula is C17H24N2O. The van der Waals surface area contributed by atoms with E-state index in [-0.39, 0.29) is 0 Å². The third kappa shape index (κ3) is 3.21. The molecule has 2 fully saturated rings. The fraction of sp³-hybridized carbons (Fsp3) is 0.588. The lowest BCUT2D eigenvalue weighted by atomic mass is 9.87. The number of hydrogen-bond acceptors (Lipinski definition) is 3. The lowest BCUT2D eigenvalue weighted by molar-refractivity contribution is -0.125. The van der Waals surface area contributed by atoms with E-state index in [1.807, 2.05) is 0 Å². The van der Waals surface area contributed by atoms with Crippen LogP contribution in [0.3, 0.4) is 0 Å². The van der Waals surface area contributed by atoms with Gasteiger partial charge in [0.05, 0.1) is 0 Å². The molecule has 3 heteroatoms. The Morgan fingerprint density at radius 2 is 1.75 bits per heavy atom. The minimum atomic E-state index is 0.312. The summed E-state index contributed by atoms with van der Waals surface area (Å²) in [6, 6.07) is 10.6. The highest BCUT2D eigenvalue weighted by molar-refractivity contribution is 5.81. The second kappa shape index (κ2) is 6.40. The smallest absolute Gasteiger partial charge is 0.137 e. The molecular weight excluding hydrogens is 248 g/mol. The van der Waals surface area contributed by atoms with Crippen LogP contribution in [0.15, 0.2) is 30.3 Å². The van der Waals surface area contributed by atoms with Crippen LogP contribution in [0.2, 0.25) is 0 Å². The molecule has 0 bridgehead atoms. The molecule has 0 spiro atoms. The third-order valence-electron chi connectivity index (χ3n) is 4.65. The maximum Gasteiger partial charge on any atom is 0.137 e. The highest BCUT2D eigenvalue weighted by Crippen LogP contribution is 2.22. The van der Waals surface area contributed by atoms with Crippen LogP contribution in [-0.4, -0.2) is 43.4 Å². The van der Waals surface area contributed by atoms with Crippen molar-refractivity contribution in [3.05, 3.63) is 30.3 Å². The summed E-state index contributed by atoms with van der Waals surface area (Å²) >= 11 is 0. The average molecular weight is 272 g/mol. The molecule has 1 aliphatic carbocycles. The molecule has 1 unspecified atom stereocenters. The highest BCUT2D eigenvalue weighted by atomic mass is 16.1. The molecule has 0 radical (unpaired) electrons. The Hall–Kier alpha value is -1.35. The van der Waals surface area contributed by atoms with E-state index in [1.165, 1.54) is 12.1 Å². The van der Waals surface area contributed by atoms with Gasteiger partial charge in [0.1, 0.15) is 5.78 Å². The number of para-hydroxylation sites is 1. The fourth-order valence-corrected chi connectivity index (χ4v) is 3.39. The molecule has 20 heavy (non-hydrogen) atoms. The van der Waals surface area contributed by atoms with E-state index in [1.54, 1.807) is 0 Å². The summed E-state index contributed by atoms with van der Waals surface area (Å²) in [7, 11) is 0. The topological polar surface area (TPSA) is 23.6 Å². The van der Waals surface area contributed by atoms with Gasteiger partial charge in [-0.3, -0.25) is 9.69 Å². The second-order valence-corrected chi connectivity index (χ2v) is 6.03. The van der Waals surface area contributed by atoms with Gasteiger partial charge in [0.2, 0.25) is 0 Å². The molecule has 2 aliphatic rings. The van der Waals surface area contributed by atoms with Crippen LogP contribution < -0.4 is 4.90 Å². The van der Waals surface area contributed by atoms with Gasteiger partial charge in [0, 0.05) is 50.7 Å². The van der Waals surface area contributed by atoms with Crippen molar-refractivity contribution in [3.8, 4) is 0 Å². The largest absolute Gasteiger partial charge is 0.369 e. The molecule has 1 aromatic rings. The first kappa shape index (κ1) is 13.6. The minimum absolute atomic E-state index is 0.312. The number of ketones is 1. The van der Waals surface area contributed by atoms with Crippen molar-refractivity contribution in [2.75, 3.05) is 37.6 Å². The number of nitrogens with zero attached hydrogens (tertiary/aromatic N) is 2. The van der Waals surface area contributed by atoms with Crippen molar-refractivity contribution in [2.45, 2.75) is 25.7 Å². The Morgan fingerprint density at radius 3 is 2.45 bits per heavy atom. The highest BCUT2D eigenvalue weighted by Gasteiger charge is 2.26. The zero-order chi connectivity index (χ0) is 13.8. The first-order chi connectivity index (χ1) is 9.83. The Kier molecular flexibility index (Phi) is 4.36. The molecule has 1 aliphatic heterocycles. The number of Topliss-reactive ketones (excluding diaryl/α,β-unsaturated/α-hetero) is 1. The predicted molar refractivity (Wildman–Crippen MR) is 82.1 cm³/mol. The van der Waals surface area contributed by atoms with Crippen molar-refractivity contribution < 1.29 is 4.79 Å². The molecule has 3 nitrogen and oxygen atoms in total. The average Bonchev–Trinajstić information content (AvgIpc) is 2.51. The summed E-state index contributed by atoms with van der Waals surface area (Å²) in [4.78, 5) is 16.8. The van der Waals surface area contributed by atoms with Crippen LogP contribution >= 0.6 is 0 Å². The third-order valence-corrected chi connectivity index (χ3v) is 4.65. The number of carbonyl (C=O) groups excluding carboxylic acids is 1. The van der Waals surface area contributed by atoms with Gasteiger partial charge in [-0.05, 0) is 25.0 Å². The van der Waals surface area contributed by atoms with E-state index >= 15 is 0 Å². The molecule has 1 saturated heterocycles. The summed E-state index contributed by atoms with van der Waals surface area (Å²) in [5.74, 6) is 0.814. The number of piperazine rings is 1. The van der Waals surface area contributed by atoms with Crippen molar-refractivity contribution in [2.24, 2.45) is 5.92 Å². The Morgan fingerprint density at radius 1 is 1.00 bits per heavy atom. The van der Waals surface area contributed by atoms with E-state index in [4.69, 9.17) is 0 Å². The van der Waals surface area contributed by atoms with E-state index in [9.17, 15) is 4.79 Å². The summed E-state index contributed by atoms with van der Waals surface area (Å²) in [6.07, 6.45) is 4.27. The number of benzene rings is 1. The molecule has 1 saturated carbocycles. The summed E-state index contributed by atoms with van der Waals surface area (Å²) in [5, 5.41) is 0. The Balaban J connectivity index is 1.50. The van der Waals surface area contributed by atoms with Crippen molar-refractivity contribution in [1.29, 1.82) is 0 Å². The molecule has 3 rings (SSSR count). The van der Waals surface area contributed by atoms with Crippen LogP contribution in [0.4, 0.5) is 5.69 Å². The molecule has 0 amide bonds. The maximum absolute atomic E-state index is 11.9. The van der Waals surface area contributed by atoms with Crippen LogP contribution in [0.1, 0.15) is 25.7 Å². The van der Waals surface area contributed by atoms with Gasteiger partial charge < -0.3 is 4.90 Å². The van der Waals surface area contributed by atoms with E-state index in [2.05, 4.69) is 40.1 Å². The molecule has 1 aromatic carbocycles. The van der Waals surface area contributed by atoms with Crippen LogP contribution in [-0.2, 0) is 4.79 Å². The second-order valence-electron chi connectivity index (χ2n) is 6.03. The number of rotatable bonds is 3. The van der Waals surface area contributed by atoms with Gasteiger partial charge in [-0.15, -0.1) is 0 Å². The first-order valence-electron chi connectivity index (χ1n) is 7.88. The number of hydrogen-bond donors (Lipinski definition) is 0. The number of carbonyl (C=O) groups is 1. The van der Waals surface area contributed by atoms with E-state index in [0.29, 0.717) is 11.7 Å². The normalized spacial score (nSPS) is 24.9. The van der Waals surface area contributed by atoms with Crippen molar-refractivity contribution in [3.63, 3.8) is 0 Å². The summed E-state index contributed by atoms with van der Waals surface area (Å²) < 4.78 is 0. The van der Waals surface area contributed by atoms with Gasteiger partial charge in [0.15, 0.2) is 0 Å². The van der Waals surface area contributed by atoms with Crippen LogP contribution in [0.25, 0.3) is 0 Å². The zero-order valence-electron chi connectivity index (χ0n) is 12.1. The lowest BCUT2D eigenvalue weighted by Gasteiger charge is -2.38. The minimum Gasteiger partial charge on any atom is -0.369 e. The van der Waals surface area contributed by atoms with Gasteiger partial charge in [-0.2, -0.15) is 0 Å². The Bertz CT molecular complexity index is 438. The molecule has 1 heterocycles. The van der Waals surface area contributed by atoms with Crippen molar-refractivity contribution in [1.82, 2.24) is 4.90 Å². The van der Waals surface area contributed by atoms with Crippen molar-refractivity contribution >= 4 is 11.5 Å².